The number of benzene rings is 1. The summed E-state index contributed by atoms with van der Waals surface area (Å²) in [4.78, 5) is 45.6. The van der Waals surface area contributed by atoms with Gasteiger partial charge in [-0.15, -0.1) is 11.8 Å². The number of carboxylic acids is 3. The molecule has 0 spiro atoms. The van der Waals surface area contributed by atoms with Crippen LogP contribution in [0.25, 0.3) is 0 Å². The van der Waals surface area contributed by atoms with E-state index in [9.17, 15) is 19.2 Å². The van der Waals surface area contributed by atoms with Crippen LogP contribution in [0.5, 0.6) is 0 Å². The van der Waals surface area contributed by atoms with E-state index in [1.807, 2.05) is 0 Å². The van der Waals surface area contributed by atoms with Crippen LogP contribution in [0.1, 0.15) is 0 Å². The lowest BCUT2D eigenvalue weighted by Gasteiger charge is -2.18. The number of thioether (sulfide) groups is 1. The highest BCUT2D eigenvalue weighted by Crippen LogP contribution is 2.26. The third kappa shape index (κ3) is 7.61. The van der Waals surface area contributed by atoms with Gasteiger partial charge in [0.15, 0.2) is 0 Å². The quantitative estimate of drug-likeness (QED) is 0.434. The van der Waals surface area contributed by atoms with Gasteiger partial charge in [0.25, 0.3) is 0 Å². The van der Waals surface area contributed by atoms with Gasteiger partial charge >= 0.3 is 17.9 Å². The van der Waals surface area contributed by atoms with Crippen LogP contribution in [-0.4, -0.2) is 69.4 Å². The highest BCUT2D eigenvalue weighted by Gasteiger charge is 2.17. The summed E-state index contributed by atoms with van der Waals surface area (Å²) in [5.41, 5.74) is 0.374. The van der Waals surface area contributed by atoms with Gasteiger partial charge in [-0.1, -0.05) is 12.1 Å². The summed E-state index contributed by atoms with van der Waals surface area (Å²) >= 11 is 1.02. The number of amides is 1. The molecule has 0 aliphatic heterocycles. The van der Waals surface area contributed by atoms with Crippen LogP contribution in [0.15, 0.2) is 29.2 Å². The highest BCUT2D eigenvalue weighted by molar-refractivity contribution is 8.00. The highest BCUT2D eigenvalue weighted by atomic mass is 32.2. The fourth-order valence-corrected chi connectivity index (χ4v) is 2.51. The molecule has 0 unspecified atom stereocenters. The summed E-state index contributed by atoms with van der Waals surface area (Å²) in [5.74, 6) is -4.28. The Bertz CT molecular complexity index is 619. The Morgan fingerprint density at radius 3 is 2.04 bits per heavy atom. The molecule has 0 aromatic heterocycles. The minimum atomic E-state index is -1.25. The molecule has 1 aromatic rings. The van der Waals surface area contributed by atoms with E-state index in [2.05, 4.69) is 5.32 Å². The maximum atomic E-state index is 12.0. The van der Waals surface area contributed by atoms with E-state index in [-0.39, 0.29) is 5.75 Å². The normalized spacial score (nSPS) is 10.4. The minimum Gasteiger partial charge on any atom is -0.481 e. The summed E-state index contributed by atoms with van der Waals surface area (Å²) in [6.45, 7) is -1.60. The molecule has 4 N–H and O–H groups in total. The van der Waals surface area contributed by atoms with Gasteiger partial charge in [-0.05, 0) is 12.1 Å². The topological polar surface area (TPSA) is 144 Å². The zero-order valence-electron chi connectivity index (χ0n) is 12.5. The summed E-state index contributed by atoms with van der Waals surface area (Å²) < 4.78 is 0. The Morgan fingerprint density at radius 2 is 1.50 bits per heavy atom. The van der Waals surface area contributed by atoms with E-state index in [1.54, 1.807) is 24.3 Å². The van der Waals surface area contributed by atoms with Crippen molar-refractivity contribution in [3.63, 3.8) is 0 Å². The molecule has 0 bridgehead atoms. The largest absolute Gasteiger partial charge is 0.481 e. The Kier molecular flexibility index (Phi) is 7.72. The zero-order valence-corrected chi connectivity index (χ0v) is 13.3. The van der Waals surface area contributed by atoms with Crippen molar-refractivity contribution in [1.29, 1.82) is 0 Å². The lowest BCUT2D eigenvalue weighted by molar-refractivity contribution is -0.142. The van der Waals surface area contributed by atoms with Crippen LogP contribution >= 0.6 is 11.8 Å². The number of nitrogens with zero attached hydrogens (tertiary/aromatic N) is 1. The van der Waals surface area contributed by atoms with Gasteiger partial charge in [0.05, 0.1) is 31.1 Å². The second kappa shape index (κ2) is 9.53. The first-order valence-corrected chi connectivity index (χ1v) is 7.66. The van der Waals surface area contributed by atoms with E-state index in [4.69, 9.17) is 15.3 Å². The molecule has 0 aliphatic rings. The van der Waals surface area contributed by atoms with Crippen LogP contribution in [0.3, 0.4) is 0 Å². The maximum Gasteiger partial charge on any atom is 0.317 e. The smallest absolute Gasteiger partial charge is 0.317 e. The minimum absolute atomic E-state index is 0.183. The predicted molar refractivity (Wildman–Crippen MR) is 85.1 cm³/mol. The first-order chi connectivity index (χ1) is 11.3. The zero-order chi connectivity index (χ0) is 18.1. The van der Waals surface area contributed by atoms with Crippen LogP contribution in [-0.2, 0) is 19.2 Å². The summed E-state index contributed by atoms with van der Waals surface area (Å²) in [6.07, 6.45) is 0. The average molecular weight is 356 g/mol. The molecule has 9 nitrogen and oxygen atoms in total. The number of rotatable bonds is 10. The predicted octanol–water partition coefficient (Wildman–Crippen LogP) is 0.273. The molecule has 1 aromatic carbocycles. The number of para-hydroxylation sites is 1. The average Bonchev–Trinajstić information content (AvgIpc) is 2.44. The van der Waals surface area contributed by atoms with Crippen LogP contribution < -0.4 is 5.32 Å². The molecule has 24 heavy (non-hydrogen) atoms. The summed E-state index contributed by atoms with van der Waals surface area (Å²) in [7, 11) is 0. The van der Waals surface area contributed by atoms with Gasteiger partial charge in [0.1, 0.15) is 0 Å². The Hall–Kier alpha value is -2.59. The van der Waals surface area contributed by atoms with Crippen LogP contribution in [0.2, 0.25) is 0 Å². The third-order valence-electron chi connectivity index (χ3n) is 2.60. The SMILES string of the molecule is O=C(O)CSc1ccccc1NC(=O)CN(CC(=O)O)CC(=O)O. The van der Waals surface area contributed by atoms with Crippen LogP contribution in [0, 0.1) is 0 Å². The number of aliphatic carboxylic acids is 3. The number of hydrogen-bond acceptors (Lipinski definition) is 6. The number of anilines is 1. The number of nitrogens with one attached hydrogen (secondary N) is 1. The van der Waals surface area contributed by atoms with Gasteiger partial charge in [-0.2, -0.15) is 0 Å². The Balaban J connectivity index is 2.73. The third-order valence-corrected chi connectivity index (χ3v) is 3.66. The lowest BCUT2D eigenvalue weighted by Crippen LogP contribution is -2.40. The molecule has 0 atom stereocenters. The number of carbonyl (C=O) groups is 4. The summed E-state index contributed by atoms with van der Waals surface area (Å²) in [6, 6.07) is 6.53. The first-order valence-electron chi connectivity index (χ1n) is 6.67. The van der Waals surface area contributed by atoms with Gasteiger partial charge in [0, 0.05) is 4.90 Å². The fraction of sp³-hybridized carbons (Fsp3) is 0.286. The van der Waals surface area contributed by atoms with Gasteiger partial charge in [0.2, 0.25) is 5.91 Å². The monoisotopic (exact) mass is 356 g/mol. The molecule has 130 valence electrons. The lowest BCUT2D eigenvalue weighted by atomic mass is 10.3. The second-order valence-electron chi connectivity index (χ2n) is 4.66. The van der Waals surface area contributed by atoms with Gasteiger partial charge in [-0.25, -0.2) is 0 Å². The van der Waals surface area contributed by atoms with Gasteiger partial charge < -0.3 is 20.6 Å². The van der Waals surface area contributed by atoms with Gasteiger partial charge in [-0.3, -0.25) is 24.1 Å². The van der Waals surface area contributed by atoms with E-state index >= 15 is 0 Å². The van der Waals surface area contributed by atoms with Crippen molar-refractivity contribution in [3.05, 3.63) is 24.3 Å². The number of hydrogen-bond donors (Lipinski definition) is 4. The standard InChI is InChI=1S/C14H16N2O7S/c17-11(5-16(6-12(18)19)7-13(20)21)15-9-3-1-2-4-10(9)24-8-14(22)23/h1-4H,5-8H2,(H,15,17)(H,18,19)(H,20,21)(H,22,23). The van der Waals surface area contributed by atoms with E-state index in [1.165, 1.54) is 0 Å². The van der Waals surface area contributed by atoms with Crippen molar-refractivity contribution in [2.45, 2.75) is 4.90 Å². The number of carbonyl (C=O) groups excluding carboxylic acids is 1. The van der Waals surface area contributed by atoms with Crippen molar-refractivity contribution >= 4 is 41.3 Å². The molecule has 1 amide bonds. The Labute approximate surface area is 141 Å². The molecule has 0 saturated heterocycles. The first kappa shape index (κ1) is 19.5. The summed E-state index contributed by atoms with van der Waals surface area (Å²) in [5, 5.41) is 28.7. The maximum absolute atomic E-state index is 12.0. The molecule has 10 heteroatoms. The molecular formula is C14H16N2O7S. The molecule has 0 fully saturated rings. The van der Waals surface area contributed by atoms with Crippen molar-refractivity contribution in [2.75, 3.05) is 30.7 Å². The van der Waals surface area contributed by atoms with Crippen molar-refractivity contribution in [3.8, 4) is 0 Å². The number of carboxylic acid groups (broad SMARTS) is 3. The fourth-order valence-electron chi connectivity index (χ4n) is 1.78. The molecular weight excluding hydrogens is 340 g/mol. The van der Waals surface area contributed by atoms with E-state index in [0.29, 0.717) is 10.6 Å². The molecule has 0 aliphatic carbocycles. The molecule has 0 radical (unpaired) electrons. The van der Waals surface area contributed by atoms with E-state index < -0.39 is 43.4 Å². The second-order valence-corrected chi connectivity index (χ2v) is 5.68. The Morgan fingerprint density at radius 1 is 0.917 bits per heavy atom. The van der Waals surface area contributed by atoms with Crippen molar-refractivity contribution < 1.29 is 34.5 Å². The van der Waals surface area contributed by atoms with Crippen molar-refractivity contribution in [1.82, 2.24) is 4.90 Å². The molecule has 0 heterocycles. The van der Waals surface area contributed by atoms with Crippen molar-refractivity contribution in [2.24, 2.45) is 0 Å². The molecule has 1 rings (SSSR count). The van der Waals surface area contributed by atoms with Crippen LogP contribution in [0.4, 0.5) is 5.69 Å². The molecule has 0 saturated carbocycles. The van der Waals surface area contributed by atoms with E-state index in [0.717, 1.165) is 16.7 Å².